The van der Waals surface area contributed by atoms with Crippen LogP contribution in [0.2, 0.25) is 0 Å². The topological polar surface area (TPSA) is 100 Å². The van der Waals surface area contributed by atoms with Gasteiger partial charge in [-0.05, 0) is 42.8 Å². The lowest BCUT2D eigenvalue weighted by atomic mass is 10.2. The second kappa shape index (κ2) is 9.70. The van der Waals surface area contributed by atoms with Crippen LogP contribution in [-0.4, -0.2) is 34.5 Å². The van der Waals surface area contributed by atoms with Crippen LogP contribution in [0.1, 0.15) is 30.1 Å². The lowest BCUT2D eigenvalue weighted by molar-refractivity contribution is 0.0559. The van der Waals surface area contributed by atoms with Crippen LogP contribution >= 0.6 is 0 Å². The minimum atomic E-state index is -1.27. The van der Waals surface area contributed by atoms with Gasteiger partial charge in [0, 0.05) is 5.56 Å². The van der Waals surface area contributed by atoms with Crippen molar-refractivity contribution in [3.05, 3.63) is 72.1 Å². The summed E-state index contributed by atoms with van der Waals surface area (Å²) >= 11 is 0. The molecule has 2 atom stereocenters. The number of hydrogen-bond donors (Lipinski definition) is 0. The van der Waals surface area contributed by atoms with Gasteiger partial charge in [-0.15, -0.1) is 0 Å². The third-order valence-electron chi connectivity index (χ3n) is 4.65. The standard InChI is InChI=1S/C23H18F2N2O6/c1-2-4-18-22(32-18)33-23(29)31-15-11-26-20(27-12-15)13-7-9-14(10-8-13)30-21(28)16-5-3-6-17(24)19(16)25/h3,5-12,18,22H,2,4H2,1H3/t18-,22-/m1/s1. The molecule has 0 radical (unpaired) electrons. The molecule has 0 unspecified atom stereocenters. The van der Waals surface area contributed by atoms with Gasteiger partial charge >= 0.3 is 12.1 Å². The highest BCUT2D eigenvalue weighted by molar-refractivity contribution is 5.91. The van der Waals surface area contributed by atoms with Gasteiger partial charge in [-0.3, -0.25) is 0 Å². The first-order valence-corrected chi connectivity index (χ1v) is 10.1. The van der Waals surface area contributed by atoms with Gasteiger partial charge in [0.2, 0.25) is 6.29 Å². The quantitative estimate of drug-likeness (QED) is 0.287. The fourth-order valence-electron chi connectivity index (χ4n) is 2.95. The second-order valence-corrected chi connectivity index (χ2v) is 7.06. The van der Waals surface area contributed by atoms with Gasteiger partial charge in [0.05, 0.1) is 18.0 Å². The van der Waals surface area contributed by atoms with Crippen molar-refractivity contribution >= 4 is 12.1 Å². The van der Waals surface area contributed by atoms with Crippen LogP contribution in [-0.2, 0) is 9.47 Å². The van der Waals surface area contributed by atoms with Crippen LogP contribution in [0.4, 0.5) is 13.6 Å². The van der Waals surface area contributed by atoms with Crippen LogP contribution in [0, 0.1) is 11.6 Å². The van der Waals surface area contributed by atoms with Crippen molar-refractivity contribution in [1.82, 2.24) is 9.97 Å². The third-order valence-corrected chi connectivity index (χ3v) is 4.65. The summed E-state index contributed by atoms with van der Waals surface area (Å²) in [7, 11) is 0. The highest BCUT2D eigenvalue weighted by atomic mass is 19.2. The maximum Gasteiger partial charge on any atom is 0.516 e. The monoisotopic (exact) mass is 456 g/mol. The van der Waals surface area contributed by atoms with Gasteiger partial charge in [0.1, 0.15) is 11.9 Å². The molecule has 10 heteroatoms. The Morgan fingerprint density at radius 1 is 1.00 bits per heavy atom. The summed E-state index contributed by atoms with van der Waals surface area (Å²) in [6.07, 6.45) is 2.76. The summed E-state index contributed by atoms with van der Waals surface area (Å²) in [5.41, 5.74) is 0.0697. The van der Waals surface area contributed by atoms with E-state index in [-0.39, 0.29) is 17.6 Å². The first-order chi connectivity index (χ1) is 15.9. The van der Waals surface area contributed by atoms with E-state index < -0.39 is 35.6 Å². The zero-order valence-corrected chi connectivity index (χ0v) is 17.4. The predicted octanol–water partition coefficient (Wildman–Crippen LogP) is 4.68. The van der Waals surface area contributed by atoms with Crippen molar-refractivity contribution in [2.75, 3.05) is 0 Å². The first-order valence-electron chi connectivity index (χ1n) is 10.1. The van der Waals surface area contributed by atoms with Gasteiger partial charge in [0.15, 0.2) is 23.2 Å². The molecule has 1 aromatic heterocycles. The average Bonchev–Trinajstić information content (AvgIpc) is 3.53. The molecule has 0 saturated carbocycles. The van der Waals surface area contributed by atoms with Crippen molar-refractivity contribution in [2.45, 2.75) is 32.2 Å². The molecule has 1 fully saturated rings. The van der Waals surface area contributed by atoms with Crippen LogP contribution in [0.5, 0.6) is 11.5 Å². The Kier molecular flexibility index (Phi) is 6.55. The number of esters is 1. The van der Waals surface area contributed by atoms with Gasteiger partial charge in [-0.25, -0.2) is 28.3 Å². The summed E-state index contributed by atoms with van der Waals surface area (Å²) in [4.78, 5) is 32.1. The van der Waals surface area contributed by atoms with E-state index in [0.29, 0.717) is 11.4 Å². The molecule has 2 heterocycles. The van der Waals surface area contributed by atoms with Gasteiger partial charge in [-0.1, -0.05) is 19.4 Å². The van der Waals surface area contributed by atoms with E-state index in [9.17, 15) is 18.4 Å². The van der Waals surface area contributed by atoms with Crippen molar-refractivity contribution in [1.29, 1.82) is 0 Å². The molecule has 0 amide bonds. The number of carbonyl (C=O) groups excluding carboxylic acids is 2. The number of halogens is 2. The summed E-state index contributed by atoms with van der Waals surface area (Å²) in [6.45, 7) is 2.00. The number of aromatic nitrogens is 2. The lowest BCUT2D eigenvalue weighted by Crippen LogP contribution is -2.14. The Balaban J connectivity index is 1.33. The number of ether oxygens (including phenoxy) is 4. The molecule has 1 aliphatic heterocycles. The summed E-state index contributed by atoms with van der Waals surface area (Å²) in [6, 6.07) is 9.31. The van der Waals surface area contributed by atoms with Crippen LogP contribution in [0.15, 0.2) is 54.9 Å². The SMILES string of the molecule is CCC[C@H]1O[C@@H]1OC(=O)Oc1cnc(-c2ccc(OC(=O)c3cccc(F)c3F)cc2)nc1. The maximum atomic E-state index is 13.7. The highest BCUT2D eigenvalue weighted by Crippen LogP contribution is 2.28. The number of epoxide rings is 1. The Bertz CT molecular complexity index is 1150. The van der Waals surface area contributed by atoms with E-state index in [1.807, 2.05) is 6.92 Å². The zero-order valence-electron chi connectivity index (χ0n) is 17.4. The Labute approximate surface area is 187 Å². The molecule has 0 bridgehead atoms. The summed E-state index contributed by atoms with van der Waals surface area (Å²) < 4.78 is 47.3. The van der Waals surface area contributed by atoms with Crippen molar-refractivity contribution in [3.63, 3.8) is 0 Å². The predicted molar refractivity (Wildman–Crippen MR) is 109 cm³/mol. The van der Waals surface area contributed by atoms with E-state index in [1.165, 1.54) is 30.6 Å². The average molecular weight is 456 g/mol. The molecule has 170 valence electrons. The van der Waals surface area contributed by atoms with E-state index in [1.54, 1.807) is 12.1 Å². The van der Waals surface area contributed by atoms with Crippen LogP contribution < -0.4 is 9.47 Å². The molecule has 1 aliphatic rings. The fraction of sp³-hybridized carbons (Fsp3) is 0.217. The third kappa shape index (κ3) is 5.47. The molecule has 0 N–H and O–H groups in total. The van der Waals surface area contributed by atoms with E-state index in [0.717, 1.165) is 25.0 Å². The normalized spacial score (nSPS) is 16.7. The Hall–Kier alpha value is -3.92. The molecule has 1 saturated heterocycles. The van der Waals surface area contributed by atoms with Gasteiger partial charge in [0.25, 0.3) is 0 Å². The summed E-state index contributed by atoms with van der Waals surface area (Å²) in [5.74, 6) is -2.90. The fourth-order valence-corrected chi connectivity index (χ4v) is 2.95. The highest BCUT2D eigenvalue weighted by Gasteiger charge is 2.42. The molecule has 4 rings (SSSR count). The molecule has 2 aromatic carbocycles. The minimum Gasteiger partial charge on any atom is -0.423 e. The molecular weight excluding hydrogens is 438 g/mol. The van der Waals surface area contributed by atoms with Crippen LogP contribution in [0.25, 0.3) is 11.4 Å². The zero-order chi connectivity index (χ0) is 23.4. The number of benzene rings is 2. The van der Waals surface area contributed by atoms with Gasteiger partial charge < -0.3 is 18.9 Å². The Morgan fingerprint density at radius 3 is 2.42 bits per heavy atom. The van der Waals surface area contributed by atoms with Crippen molar-refractivity contribution < 1.29 is 37.3 Å². The number of rotatable bonds is 7. The molecule has 33 heavy (non-hydrogen) atoms. The molecule has 0 aliphatic carbocycles. The lowest BCUT2D eigenvalue weighted by Gasteiger charge is -2.07. The molecular formula is C23H18F2N2O6. The Morgan fingerprint density at radius 2 is 1.73 bits per heavy atom. The summed E-state index contributed by atoms with van der Waals surface area (Å²) in [5, 5.41) is 0. The first kappa shape index (κ1) is 22.3. The largest absolute Gasteiger partial charge is 0.516 e. The smallest absolute Gasteiger partial charge is 0.423 e. The number of hydrogen-bond acceptors (Lipinski definition) is 8. The van der Waals surface area contributed by atoms with E-state index >= 15 is 0 Å². The number of nitrogens with zero attached hydrogens (tertiary/aromatic N) is 2. The maximum absolute atomic E-state index is 13.7. The van der Waals surface area contributed by atoms with Crippen molar-refractivity contribution in [2.24, 2.45) is 0 Å². The van der Waals surface area contributed by atoms with Crippen LogP contribution in [0.3, 0.4) is 0 Å². The molecule has 8 nitrogen and oxygen atoms in total. The second-order valence-electron chi connectivity index (χ2n) is 7.06. The van der Waals surface area contributed by atoms with E-state index in [2.05, 4.69) is 9.97 Å². The van der Waals surface area contributed by atoms with Gasteiger partial charge in [-0.2, -0.15) is 0 Å². The van der Waals surface area contributed by atoms with Crippen molar-refractivity contribution in [3.8, 4) is 22.9 Å². The minimum absolute atomic E-state index is 0.0868. The molecule has 0 spiro atoms. The molecule has 3 aromatic rings. The number of carbonyl (C=O) groups is 2. The van der Waals surface area contributed by atoms with E-state index in [4.69, 9.17) is 18.9 Å².